The molecule has 2 N–H and O–H groups in total. The zero-order chi connectivity index (χ0) is 15.0. The lowest BCUT2D eigenvalue weighted by molar-refractivity contribution is 0.591. The summed E-state index contributed by atoms with van der Waals surface area (Å²) in [6.07, 6.45) is 0. The highest BCUT2D eigenvalue weighted by Gasteiger charge is 2.29. The Balaban J connectivity index is 2.11. The lowest BCUT2D eigenvalue weighted by Gasteiger charge is -2.30. The molecule has 0 fully saturated rings. The number of benzene rings is 2. The fraction of sp³-hybridized carbons (Fsp3) is 0.200. The molecule has 4 nitrogen and oxygen atoms in total. The first kappa shape index (κ1) is 14.3. The summed E-state index contributed by atoms with van der Waals surface area (Å²) in [5.41, 5.74) is 7.99. The molecule has 0 amide bonds. The Morgan fingerprint density at radius 1 is 1.19 bits per heavy atom. The van der Waals surface area contributed by atoms with Crippen molar-refractivity contribution in [3.63, 3.8) is 0 Å². The van der Waals surface area contributed by atoms with E-state index in [1.807, 2.05) is 19.1 Å². The molecule has 1 aliphatic rings. The van der Waals surface area contributed by atoms with Crippen molar-refractivity contribution >= 4 is 33.2 Å². The number of nitrogen functional groups attached to an aromatic ring is 1. The molecule has 0 aliphatic carbocycles. The Kier molecular flexibility index (Phi) is 3.59. The zero-order valence-corrected chi connectivity index (χ0v) is 13.2. The van der Waals surface area contributed by atoms with Crippen LogP contribution in [0.2, 0.25) is 0 Å². The molecule has 0 spiro atoms. The normalized spacial score (nSPS) is 14.8. The number of aryl methyl sites for hydroxylation is 1. The van der Waals surface area contributed by atoms with Crippen LogP contribution in [0, 0.1) is 6.92 Å². The van der Waals surface area contributed by atoms with Crippen LogP contribution in [0.25, 0.3) is 0 Å². The van der Waals surface area contributed by atoms with Gasteiger partial charge in [-0.05, 0) is 42.8 Å². The number of rotatable bonds is 2. The van der Waals surface area contributed by atoms with Gasteiger partial charge in [0.25, 0.3) is 10.0 Å². The predicted molar refractivity (Wildman–Crippen MR) is 87.3 cm³/mol. The molecule has 0 aromatic heterocycles. The van der Waals surface area contributed by atoms with Gasteiger partial charge in [0, 0.05) is 22.9 Å². The standard InChI is InChI=1S/C15H16N2O2S2/c1-11-3-2-4-13(9-11)21(18,19)17-7-8-20-15-6-5-12(16)10-14(15)17/h2-6,9-10H,7-8,16H2,1H3. The maximum absolute atomic E-state index is 12.9. The smallest absolute Gasteiger partial charge is 0.264 e. The van der Waals surface area contributed by atoms with Crippen LogP contribution in [0.3, 0.4) is 0 Å². The number of hydrogen-bond acceptors (Lipinski definition) is 4. The van der Waals surface area contributed by atoms with E-state index in [4.69, 9.17) is 5.73 Å². The fourth-order valence-corrected chi connectivity index (χ4v) is 5.09. The van der Waals surface area contributed by atoms with Crippen LogP contribution in [-0.2, 0) is 10.0 Å². The van der Waals surface area contributed by atoms with E-state index >= 15 is 0 Å². The van der Waals surface area contributed by atoms with E-state index in [9.17, 15) is 8.42 Å². The van der Waals surface area contributed by atoms with Crippen LogP contribution >= 0.6 is 11.8 Å². The first-order chi connectivity index (χ1) is 9.98. The van der Waals surface area contributed by atoms with Crippen LogP contribution < -0.4 is 10.0 Å². The molecule has 2 aromatic rings. The molecule has 1 heterocycles. The van der Waals surface area contributed by atoms with Gasteiger partial charge in [0.05, 0.1) is 10.6 Å². The minimum Gasteiger partial charge on any atom is -0.399 e. The summed E-state index contributed by atoms with van der Waals surface area (Å²) >= 11 is 1.65. The maximum atomic E-state index is 12.9. The van der Waals surface area contributed by atoms with Crippen molar-refractivity contribution in [2.24, 2.45) is 0 Å². The summed E-state index contributed by atoms with van der Waals surface area (Å²) < 4.78 is 27.2. The Morgan fingerprint density at radius 2 is 2.00 bits per heavy atom. The van der Waals surface area contributed by atoms with E-state index in [1.165, 1.54) is 4.31 Å². The Hall–Kier alpha value is -1.66. The molecule has 3 rings (SSSR count). The first-order valence-electron chi connectivity index (χ1n) is 6.60. The molecule has 0 bridgehead atoms. The van der Waals surface area contributed by atoms with E-state index in [1.54, 1.807) is 42.1 Å². The van der Waals surface area contributed by atoms with Gasteiger partial charge in [0.1, 0.15) is 0 Å². The number of nitrogens with two attached hydrogens (primary N) is 1. The molecule has 21 heavy (non-hydrogen) atoms. The highest BCUT2D eigenvalue weighted by atomic mass is 32.2. The summed E-state index contributed by atoms with van der Waals surface area (Å²) in [7, 11) is -3.55. The largest absolute Gasteiger partial charge is 0.399 e. The minimum absolute atomic E-state index is 0.322. The van der Waals surface area contributed by atoms with Gasteiger partial charge in [0.2, 0.25) is 0 Å². The summed E-state index contributed by atoms with van der Waals surface area (Å²) in [5.74, 6) is 0.738. The number of anilines is 2. The van der Waals surface area contributed by atoms with Crippen molar-refractivity contribution in [3.05, 3.63) is 48.0 Å². The number of nitrogens with zero attached hydrogens (tertiary/aromatic N) is 1. The monoisotopic (exact) mass is 320 g/mol. The molecule has 6 heteroatoms. The number of hydrogen-bond donors (Lipinski definition) is 1. The highest BCUT2D eigenvalue weighted by molar-refractivity contribution is 8.00. The van der Waals surface area contributed by atoms with Gasteiger partial charge in [-0.3, -0.25) is 4.31 Å². The van der Waals surface area contributed by atoms with Crippen LogP contribution in [-0.4, -0.2) is 20.7 Å². The minimum atomic E-state index is -3.55. The molecule has 0 unspecified atom stereocenters. The second kappa shape index (κ2) is 5.27. The fourth-order valence-electron chi connectivity index (χ4n) is 2.36. The average molecular weight is 320 g/mol. The third-order valence-corrected chi connectivity index (χ3v) is 6.23. The van der Waals surface area contributed by atoms with E-state index in [0.717, 1.165) is 16.2 Å². The molecule has 0 radical (unpaired) electrons. The third kappa shape index (κ3) is 2.61. The third-order valence-electron chi connectivity index (χ3n) is 3.38. The van der Waals surface area contributed by atoms with E-state index in [2.05, 4.69) is 0 Å². The predicted octanol–water partition coefficient (Wildman–Crippen LogP) is 2.88. The maximum Gasteiger partial charge on any atom is 0.264 e. The summed E-state index contributed by atoms with van der Waals surface area (Å²) in [5, 5.41) is 0. The number of sulfonamides is 1. The van der Waals surface area contributed by atoms with Gasteiger partial charge in [-0.2, -0.15) is 0 Å². The van der Waals surface area contributed by atoms with Crippen LogP contribution in [0.1, 0.15) is 5.56 Å². The zero-order valence-electron chi connectivity index (χ0n) is 11.6. The molecular weight excluding hydrogens is 304 g/mol. The van der Waals surface area contributed by atoms with Crippen LogP contribution in [0.4, 0.5) is 11.4 Å². The number of fused-ring (bicyclic) bond motifs is 1. The van der Waals surface area contributed by atoms with Crippen molar-refractivity contribution in [2.45, 2.75) is 16.7 Å². The van der Waals surface area contributed by atoms with Crippen molar-refractivity contribution in [1.29, 1.82) is 0 Å². The molecule has 1 aliphatic heterocycles. The summed E-state index contributed by atoms with van der Waals surface area (Å²) in [6, 6.07) is 12.4. The van der Waals surface area contributed by atoms with Gasteiger partial charge in [-0.25, -0.2) is 8.42 Å². The second-order valence-corrected chi connectivity index (χ2v) is 7.97. The quantitative estimate of drug-likeness (QED) is 0.864. The van der Waals surface area contributed by atoms with Gasteiger partial charge < -0.3 is 5.73 Å². The van der Waals surface area contributed by atoms with Crippen LogP contribution in [0.15, 0.2) is 52.3 Å². The molecule has 0 saturated carbocycles. The van der Waals surface area contributed by atoms with Crippen molar-refractivity contribution in [1.82, 2.24) is 0 Å². The Labute approximate surface area is 129 Å². The topological polar surface area (TPSA) is 63.4 Å². The van der Waals surface area contributed by atoms with Crippen molar-refractivity contribution < 1.29 is 8.42 Å². The first-order valence-corrected chi connectivity index (χ1v) is 9.03. The molecule has 0 atom stereocenters. The van der Waals surface area contributed by atoms with E-state index < -0.39 is 10.0 Å². The Morgan fingerprint density at radius 3 is 2.76 bits per heavy atom. The van der Waals surface area contributed by atoms with Gasteiger partial charge in [-0.15, -0.1) is 11.8 Å². The van der Waals surface area contributed by atoms with Crippen LogP contribution in [0.5, 0.6) is 0 Å². The van der Waals surface area contributed by atoms with E-state index in [-0.39, 0.29) is 0 Å². The highest BCUT2D eigenvalue weighted by Crippen LogP contribution is 2.38. The van der Waals surface area contributed by atoms with Crippen molar-refractivity contribution in [3.8, 4) is 0 Å². The van der Waals surface area contributed by atoms with Gasteiger partial charge in [-0.1, -0.05) is 12.1 Å². The van der Waals surface area contributed by atoms with Crippen molar-refractivity contribution in [2.75, 3.05) is 22.3 Å². The Bertz CT molecular complexity index is 788. The average Bonchev–Trinajstić information content (AvgIpc) is 2.46. The molecular formula is C15H16N2O2S2. The lowest BCUT2D eigenvalue weighted by atomic mass is 10.2. The summed E-state index contributed by atoms with van der Waals surface area (Å²) in [4.78, 5) is 1.27. The molecule has 2 aromatic carbocycles. The van der Waals surface area contributed by atoms with E-state index in [0.29, 0.717) is 22.8 Å². The second-order valence-electron chi connectivity index (χ2n) is 4.97. The lowest BCUT2D eigenvalue weighted by Crippen LogP contribution is -2.35. The SMILES string of the molecule is Cc1cccc(S(=O)(=O)N2CCSc3ccc(N)cc32)c1. The van der Waals surface area contributed by atoms with Gasteiger partial charge >= 0.3 is 0 Å². The summed E-state index contributed by atoms with van der Waals surface area (Å²) in [6.45, 7) is 2.34. The van der Waals surface area contributed by atoms with Gasteiger partial charge in [0.15, 0.2) is 0 Å². The molecule has 110 valence electrons. The number of thioether (sulfide) groups is 1. The molecule has 0 saturated heterocycles.